The second kappa shape index (κ2) is 14.5. The molecule has 0 aromatic heterocycles. The molecule has 8 heteroatoms. The predicted octanol–water partition coefficient (Wildman–Crippen LogP) is 8.63. The van der Waals surface area contributed by atoms with E-state index in [9.17, 15) is 0 Å². The molecule has 3 aromatic carbocycles. The molecule has 2 saturated heterocycles. The summed E-state index contributed by atoms with van der Waals surface area (Å²) in [7, 11) is -0.811. The van der Waals surface area contributed by atoms with E-state index in [1.54, 1.807) is 0 Å². The molecule has 0 bridgehead atoms. The Hall–Kier alpha value is -2.61. The van der Waals surface area contributed by atoms with Crippen molar-refractivity contribution in [2.75, 3.05) is 11.5 Å². The second-order valence-corrected chi connectivity index (χ2v) is 15.2. The quantitative estimate of drug-likeness (QED) is 0.130. The summed E-state index contributed by atoms with van der Waals surface area (Å²) in [5.74, 6) is 0. The van der Waals surface area contributed by atoms with E-state index in [1.165, 1.54) is 37.7 Å². The molecule has 47 heavy (non-hydrogen) atoms. The molecule has 0 aliphatic carbocycles. The van der Waals surface area contributed by atoms with Gasteiger partial charge in [0.1, 0.15) is 0 Å². The van der Waals surface area contributed by atoms with E-state index in [2.05, 4.69) is 140 Å². The van der Waals surface area contributed by atoms with E-state index in [0.717, 1.165) is 41.0 Å². The van der Waals surface area contributed by atoms with E-state index >= 15 is 0 Å². The number of hydrogen-bond donors (Lipinski definition) is 0. The van der Waals surface area contributed by atoms with Gasteiger partial charge in [-0.05, 0) is 115 Å². The number of nitrogens with zero attached hydrogens (tertiary/aromatic N) is 1. The number of rotatable bonds is 14. The maximum Gasteiger partial charge on any atom is 0.494 e. The highest BCUT2D eigenvalue weighted by atomic mass is 16.7. The van der Waals surface area contributed by atoms with Gasteiger partial charge in [-0.15, -0.1) is 0 Å². The monoisotopic (exact) mass is 639 g/mol. The first-order valence-electron chi connectivity index (χ1n) is 17.6. The van der Waals surface area contributed by atoms with Crippen LogP contribution in [-0.2, 0) is 30.0 Å². The fourth-order valence-electron chi connectivity index (χ4n) is 5.88. The average Bonchev–Trinajstić information content (AvgIpc) is 3.39. The molecule has 2 heterocycles. The van der Waals surface area contributed by atoms with Crippen LogP contribution in [0.2, 0.25) is 0 Å². The standard InChI is InChI=1S/C39H55B2NO5/c1-10-11-12-13-14-15-28-43-29-30-16-22-33(23-17-30)42(34-24-18-31(19-25-34)40-44-36(2,3)37(4,5)45-40)35-26-20-32(21-27-35)41-46-38(6,7)39(8,9)47-41/h16-27H,10-15,28-29H2,1-9H3. The van der Waals surface area contributed by atoms with E-state index in [1.807, 2.05) is 0 Å². The highest BCUT2D eigenvalue weighted by molar-refractivity contribution is 6.62. The topological polar surface area (TPSA) is 49.4 Å². The zero-order valence-electron chi connectivity index (χ0n) is 30.2. The molecule has 6 nitrogen and oxygen atoms in total. The minimum atomic E-state index is -0.405. The largest absolute Gasteiger partial charge is 0.494 e. The number of anilines is 3. The smallest absolute Gasteiger partial charge is 0.399 e. The number of hydrogen-bond acceptors (Lipinski definition) is 6. The van der Waals surface area contributed by atoms with Gasteiger partial charge in [0.05, 0.1) is 29.0 Å². The Morgan fingerprint density at radius 3 is 1.28 bits per heavy atom. The van der Waals surface area contributed by atoms with Gasteiger partial charge in [0.15, 0.2) is 0 Å². The Bertz CT molecular complexity index is 1330. The van der Waals surface area contributed by atoms with E-state index in [4.69, 9.17) is 23.4 Å². The molecule has 2 aliphatic heterocycles. The number of benzene rings is 3. The minimum absolute atomic E-state index is 0.388. The third-order valence-electron chi connectivity index (χ3n) is 10.5. The lowest BCUT2D eigenvalue weighted by Crippen LogP contribution is -2.41. The summed E-state index contributed by atoms with van der Waals surface area (Å²) in [4.78, 5) is 2.27. The first-order valence-corrected chi connectivity index (χ1v) is 17.6. The number of ether oxygens (including phenoxy) is 1. The summed E-state index contributed by atoms with van der Waals surface area (Å²) in [5.41, 5.74) is 4.78. The normalized spacial score (nSPS) is 19.3. The summed E-state index contributed by atoms with van der Waals surface area (Å²) in [6.07, 6.45) is 7.61. The molecule has 0 saturated carbocycles. The van der Waals surface area contributed by atoms with Crippen molar-refractivity contribution in [2.24, 2.45) is 0 Å². The van der Waals surface area contributed by atoms with E-state index < -0.39 is 14.2 Å². The van der Waals surface area contributed by atoms with Crippen LogP contribution in [0.1, 0.15) is 106 Å². The van der Waals surface area contributed by atoms with Gasteiger partial charge >= 0.3 is 14.2 Å². The van der Waals surface area contributed by atoms with Crippen LogP contribution in [0.25, 0.3) is 0 Å². The van der Waals surface area contributed by atoms with Crippen molar-refractivity contribution in [2.45, 2.75) is 130 Å². The highest BCUT2D eigenvalue weighted by Crippen LogP contribution is 2.39. The lowest BCUT2D eigenvalue weighted by Gasteiger charge is -2.32. The van der Waals surface area contributed by atoms with Crippen LogP contribution in [0.3, 0.4) is 0 Å². The van der Waals surface area contributed by atoms with E-state index in [0.29, 0.717) is 6.61 Å². The molecule has 0 unspecified atom stereocenters. The molecule has 2 fully saturated rings. The van der Waals surface area contributed by atoms with Crippen LogP contribution in [0, 0.1) is 0 Å². The van der Waals surface area contributed by atoms with Crippen molar-refractivity contribution in [1.82, 2.24) is 0 Å². The van der Waals surface area contributed by atoms with Crippen molar-refractivity contribution in [3.8, 4) is 0 Å². The van der Waals surface area contributed by atoms with Crippen LogP contribution in [-0.4, -0.2) is 43.2 Å². The summed E-state index contributed by atoms with van der Waals surface area (Å²) in [5, 5.41) is 0. The van der Waals surface area contributed by atoms with Crippen molar-refractivity contribution in [3.05, 3.63) is 78.4 Å². The molecule has 0 spiro atoms. The first-order chi connectivity index (χ1) is 22.2. The van der Waals surface area contributed by atoms with E-state index in [-0.39, 0.29) is 22.4 Å². The predicted molar refractivity (Wildman–Crippen MR) is 196 cm³/mol. The van der Waals surface area contributed by atoms with Crippen LogP contribution < -0.4 is 15.8 Å². The molecule has 0 atom stereocenters. The van der Waals surface area contributed by atoms with Crippen LogP contribution in [0.4, 0.5) is 17.1 Å². The van der Waals surface area contributed by atoms with Gasteiger partial charge in [0.25, 0.3) is 0 Å². The molecule has 3 aromatic rings. The fraction of sp³-hybridized carbons (Fsp3) is 0.538. The minimum Gasteiger partial charge on any atom is -0.399 e. The maximum absolute atomic E-state index is 6.32. The lowest BCUT2D eigenvalue weighted by molar-refractivity contribution is 0.00578. The Kier molecular flexibility index (Phi) is 11.0. The molecular formula is C39H55B2NO5. The molecule has 252 valence electrons. The lowest BCUT2D eigenvalue weighted by atomic mass is 9.79. The van der Waals surface area contributed by atoms with Gasteiger partial charge in [0, 0.05) is 23.7 Å². The third kappa shape index (κ3) is 8.17. The van der Waals surface area contributed by atoms with Crippen molar-refractivity contribution in [1.29, 1.82) is 0 Å². The van der Waals surface area contributed by atoms with Gasteiger partial charge in [-0.25, -0.2) is 0 Å². The van der Waals surface area contributed by atoms with Gasteiger partial charge in [-0.2, -0.15) is 0 Å². The Morgan fingerprint density at radius 1 is 0.511 bits per heavy atom. The molecular weight excluding hydrogens is 584 g/mol. The summed E-state index contributed by atoms with van der Waals surface area (Å²) >= 11 is 0. The first kappa shape index (κ1) is 35.7. The van der Waals surface area contributed by atoms with Crippen LogP contribution in [0.5, 0.6) is 0 Å². The molecule has 0 radical (unpaired) electrons. The zero-order valence-corrected chi connectivity index (χ0v) is 30.2. The van der Waals surface area contributed by atoms with Crippen LogP contribution >= 0.6 is 0 Å². The zero-order chi connectivity index (χ0) is 33.9. The summed E-state index contributed by atoms with van der Waals surface area (Å²) < 4.78 is 31.3. The highest BCUT2D eigenvalue weighted by Gasteiger charge is 2.52. The third-order valence-corrected chi connectivity index (χ3v) is 10.5. The Morgan fingerprint density at radius 2 is 0.872 bits per heavy atom. The van der Waals surface area contributed by atoms with Crippen molar-refractivity contribution < 1.29 is 23.4 Å². The Balaban J connectivity index is 1.34. The molecule has 5 rings (SSSR count). The van der Waals surface area contributed by atoms with Crippen LogP contribution in [0.15, 0.2) is 72.8 Å². The summed E-state index contributed by atoms with van der Waals surface area (Å²) in [6, 6.07) is 25.7. The SMILES string of the molecule is CCCCCCCCOCc1ccc(N(c2ccc(B3OC(C)(C)C(C)(C)O3)cc2)c2ccc(B3OC(C)(C)C(C)(C)O3)cc2)cc1. The van der Waals surface area contributed by atoms with Crippen molar-refractivity contribution in [3.63, 3.8) is 0 Å². The second-order valence-electron chi connectivity index (χ2n) is 15.2. The molecule has 2 aliphatic rings. The Labute approximate surface area is 284 Å². The average molecular weight is 639 g/mol. The number of unbranched alkanes of at least 4 members (excludes halogenated alkanes) is 5. The maximum atomic E-state index is 6.32. The fourth-order valence-corrected chi connectivity index (χ4v) is 5.88. The van der Waals surface area contributed by atoms with Gasteiger partial charge in [-0.3, -0.25) is 0 Å². The van der Waals surface area contributed by atoms with Gasteiger partial charge in [0.2, 0.25) is 0 Å². The van der Waals surface area contributed by atoms with Gasteiger partial charge < -0.3 is 28.3 Å². The van der Waals surface area contributed by atoms with Gasteiger partial charge in [-0.1, -0.05) is 75.4 Å². The summed E-state index contributed by atoms with van der Waals surface area (Å²) in [6.45, 7) is 20.4. The molecule has 0 amide bonds. The van der Waals surface area contributed by atoms with Crippen molar-refractivity contribution >= 4 is 42.2 Å². The molecule has 0 N–H and O–H groups in total.